The van der Waals surface area contributed by atoms with E-state index >= 15 is 0 Å². The van der Waals surface area contributed by atoms with Crippen molar-refractivity contribution in [1.29, 1.82) is 0 Å². The summed E-state index contributed by atoms with van der Waals surface area (Å²) in [5.74, 6) is -1.81. The van der Waals surface area contributed by atoms with E-state index in [1.165, 1.54) is 12.1 Å². The quantitative estimate of drug-likeness (QED) is 0.504. The summed E-state index contributed by atoms with van der Waals surface area (Å²) in [6.07, 6.45) is -4.24. The molecule has 3 aromatic rings. The van der Waals surface area contributed by atoms with Crippen LogP contribution in [0.5, 0.6) is 0 Å². The third-order valence-electron chi connectivity index (χ3n) is 4.49. The van der Waals surface area contributed by atoms with E-state index in [1.54, 1.807) is 24.3 Å². The van der Waals surface area contributed by atoms with E-state index in [0.29, 0.717) is 16.4 Å². The van der Waals surface area contributed by atoms with Crippen LogP contribution in [0, 0.1) is 0 Å². The lowest BCUT2D eigenvalue weighted by Crippen LogP contribution is -2.23. The lowest BCUT2D eigenvalue weighted by molar-refractivity contribution is -0.141. The van der Waals surface area contributed by atoms with E-state index < -0.39 is 38.6 Å². The minimum atomic E-state index is -4.77. The third-order valence-corrected chi connectivity index (χ3v) is 5.43. The van der Waals surface area contributed by atoms with Crippen molar-refractivity contribution >= 4 is 15.9 Å². The number of primary amides is 1. The molecule has 6 N–H and O–H groups in total. The molecule has 0 radical (unpaired) electrons. The molecule has 31 heavy (non-hydrogen) atoms. The van der Waals surface area contributed by atoms with Gasteiger partial charge >= 0.3 is 6.18 Å². The summed E-state index contributed by atoms with van der Waals surface area (Å²) in [6.45, 7) is 0.281. The Hall–Kier alpha value is -3.29. The van der Waals surface area contributed by atoms with E-state index in [2.05, 4.69) is 10.3 Å². The molecular weight excluding hydrogens is 437 g/mol. The number of benzene rings is 2. The van der Waals surface area contributed by atoms with Gasteiger partial charge in [-0.15, -0.1) is 5.10 Å². The van der Waals surface area contributed by atoms with Crippen LogP contribution >= 0.6 is 0 Å². The van der Waals surface area contributed by atoms with Crippen LogP contribution in [0.4, 0.5) is 13.2 Å². The number of hydrogen-bond acceptors (Lipinski definition) is 6. The van der Waals surface area contributed by atoms with E-state index in [9.17, 15) is 26.4 Å². The molecule has 0 spiro atoms. The number of carbonyl (C=O) groups excluding carboxylic acids is 1. The van der Waals surface area contributed by atoms with Gasteiger partial charge in [0.2, 0.25) is 15.9 Å². The van der Waals surface area contributed by atoms with Gasteiger partial charge in [-0.1, -0.05) is 35.5 Å². The van der Waals surface area contributed by atoms with Gasteiger partial charge in [-0.3, -0.25) is 4.79 Å². The Morgan fingerprint density at radius 3 is 2.19 bits per heavy atom. The number of carbonyl (C=O) groups is 1. The molecule has 1 aromatic heterocycles. The summed E-state index contributed by atoms with van der Waals surface area (Å²) in [5.41, 5.74) is 11.0. The topological polar surface area (TPSA) is 160 Å². The van der Waals surface area contributed by atoms with Crippen LogP contribution in [-0.2, 0) is 27.5 Å². The van der Waals surface area contributed by atoms with Gasteiger partial charge in [-0.2, -0.15) is 13.2 Å². The number of amides is 1. The van der Waals surface area contributed by atoms with Gasteiger partial charge in [0.25, 0.3) is 0 Å². The number of nitrogens with zero attached hydrogens (tertiary/aromatic N) is 3. The number of aromatic nitrogens is 3. The number of halogens is 3. The predicted molar refractivity (Wildman–Crippen MR) is 103 cm³/mol. The number of hydrogen-bond donors (Lipinski definition) is 3. The second kappa shape index (κ2) is 8.09. The van der Waals surface area contributed by atoms with Crippen LogP contribution < -0.4 is 16.6 Å². The predicted octanol–water partition coefficient (Wildman–Crippen LogP) is 1.01. The van der Waals surface area contributed by atoms with Gasteiger partial charge in [0.15, 0.2) is 5.69 Å². The monoisotopic (exact) mass is 454 g/mol. The fourth-order valence-electron chi connectivity index (χ4n) is 3.01. The van der Waals surface area contributed by atoms with Crippen LogP contribution in [-0.4, -0.2) is 29.3 Å². The molecule has 164 valence electrons. The van der Waals surface area contributed by atoms with E-state index in [-0.39, 0.29) is 17.8 Å². The third kappa shape index (κ3) is 4.73. The first kappa shape index (κ1) is 22.4. The molecule has 1 atom stereocenters. The standard InChI is InChI=1S/C18H17F3N6O3S/c19-18(20,21)15-9-27(26-25-15)13-6-5-12(7-14(13)31(24,29)30)16(17(23)28)11-3-1-10(8-22)2-4-11/h1-7,9,16H,8,22H2,(H2,23,28)(H2,24,29,30). The maximum Gasteiger partial charge on any atom is 0.436 e. The fourth-order valence-corrected chi connectivity index (χ4v) is 3.76. The van der Waals surface area contributed by atoms with Gasteiger partial charge in [0, 0.05) is 6.54 Å². The van der Waals surface area contributed by atoms with Crippen LogP contribution in [0.1, 0.15) is 28.3 Å². The highest BCUT2D eigenvalue weighted by Crippen LogP contribution is 2.31. The molecule has 1 amide bonds. The molecule has 0 aliphatic heterocycles. The molecule has 13 heteroatoms. The molecule has 0 aliphatic rings. The average molecular weight is 454 g/mol. The first-order chi connectivity index (χ1) is 14.4. The molecule has 0 fully saturated rings. The molecular formula is C18H17F3N6O3S. The summed E-state index contributed by atoms with van der Waals surface area (Å²) < 4.78 is 63.5. The maximum atomic E-state index is 12.8. The maximum absolute atomic E-state index is 12.8. The second-order valence-corrected chi connectivity index (χ2v) is 8.13. The van der Waals surface area contributed by atoms with Gasteiger partial charge < -0.3 is 11.5 Å². The van der Waals surface area contributed by atoms with Crippen LogP contribution in [0.15, 0.2) is 53.6 Å². The van der Waals surface area contributed by atoms with Gasteiger partial charge in [0.1, 0.15) is 4.90 Å². The molecule has 2 aromatic carbocycles. The number of rotatable bonds is 6. The SMILES string of the molecule is NCc1ccc(C(C(N)=O)c2ccc(-n3cc(C(F)(F)F)nn3)c(S(N)(=O)=O)c2)cc1. The molecule has 1 unspecified atom stereocenters. The van der Waals surface area contributed by atoms with Crippen molar-refractivity contribution in [3.05, 3.63) is 71.0 Å². The largest absolute Gasteiger partial charge is 0.436 e. The van der Waals surface area contributed by atoms with Gasteiger partial charge in [-0.05, 0) is 28.8 Å². The zero-order valence-electron chi connectivity index (χ0n) is 15.7. The van der Waals surface area contributed by atoms with Crippen molar-refractivity contribution in [3.63, 3.8) is 0 Å². The van der Waals surface area contributed by atoms with Crippen LogP contribution in [0.25, 0.3) is 5.69 Å². The highest BCUT2D eigenvalue weighted by atomic mass is 32.2. The van der Waals surface area contributed by atoms with Crippen molar-refractivity contribution in [2.24, 2.45) is 16.6 Å². The van der Waals surface area contributed by atoms with Gasteiger partial charge in [-0.25, -0.2) is 18.2 Å². The molecule has 0 saturated heterocycles. The molecule has 9 nitrogen and oxygen atoms in total. The fraction of sp³-hybridized carbons (Fsp3) is 0.167. The number of nitrogens with two attached hydrogens (primary N) is 3. The molecule has 0 aliphatic carbocycles. The average Bonchev–Trinajstić information content (AvgIpc) is 3.18. The summed E-state index contributed by atoms with van der Waals surface area (Å²) in [4.78, 5) is 11.6. The van der Waals surface area contributed by atoms with E-state index in [1.807, 2.05) is 0 Å². The lowest BCUT2D eigenvalue weighted by Gasteiger charge is -2.17. The number of alkyl halides is 3. The van der Waals surface area contributed by atoms with Crippen molar-refractivity contribution < 1.29 is 26.4 Å². The van der Waals surface area contributed by atoms with E-state index in [4.69, 9.17) is 16.6 Å². The summed E-state index contributed by atoms with van der Waals surface area (Å²) in [5, 5.41) is 11.6. The Labute approximate surface area is 174 Å². The number of sulfonamides is 1. The minimum Gasteiger partial charge on any atom is -0.369 e. The Kier molecular flexibility index (Phi) is 5.85. The first-order valence-corrected chi connectivity index (χ1v) is 10.2. The molecule has 0 bridgehead atoms. The van der Waals surface area contributed by atoms with Crippen molar-refractivity contribution in [1.82, 2.24) is 15.0 Å². The summed E-state index contributed by atoms with van der Waals surface area (Å²) in [6, 6.07) is 10.2. The Bertz CT molecular complexity index is 1220. The van der Waals surface area contributed by atoms with Gasteiger partial charge in [0.05, 0.1) is 17.8 Å². The minimum absolute atomic E-state index is 0.178. The van der Waals surface area contributed by atoms with Crippen molar-refractivity contribution in [2.45, 2.75) is 23.5 Å². The van der Waals surface area contributed by atoms with E-state index in [0.717, 1.165) is 11.6 Å². The van der Waals surface area contributed by atoms with Crippen molar-refractivity contribution in [3.8, 4) is 5.69 Å². The zero-order chi connectivity index (χ0) is 23.0. The summed E-state index contributed by atoms with van der Waals surface area (Å²) in [7, 11) is -4.42. The van der Waals surface area contributed by atoms with Crippen molar-refractivity contribution in [2.75, 3.05) is 0 Å². The first-order valence-electron chi connectivity index (χ1n) is 8.66. The molecule has 1 heterocycles. The van der Waals surface area contributed by atoms with Crippen LogP contribution in [0.2, 0.25) is 0 Å². The Morgan fingerprint density at radius 1 is 1.10 bits per heavy atom. The lowest BCUT2D eigenvalue weighted by atomic mass is 9.90. The second-order valence-electron chi connectivity index (χ2n) is 6.60. The molecule has 3 rings (SSSR count). The smallest absolute Gasteiger partial charge is 0.369 e. The zero-order valence-corrected chi connectivity index (χ0v) is 16.6. The highest BCUT2D eigenvalue weighted by molar-refractivity contribution is 7.89. The number of primary sulfonamides is 1. The summed E-state index contributed by atoms with van der Waals surface area (Å²) >= 11 is 0. The Balaban J connectivity index is 2.14. The van der Waals surface area contributed by atoms with Crippen LogP contribution in [0.3, 0.4) is 0 Å². The molecule has 0 saturated carbocycles. The normalized spacial score (nSPS) is 13.2. The highest BCUT2D eigenvalue weighted by Gasteiger charge is 2.35. The Morgan fingerprint density at radius 2 is 1.71 bits per heavy atom.